The number of nitrogens with zero attached hydrogens (tertiary/aromatic N) is 3. The van der Waals surface area contributed by atoms with E-state index in [9.17, 15) is 0 Å². The lowest BCUT2D eigenvalue weighted by Crippen LogP contribution is -2.64. The molecule has 0 aromatic carbocycles. The molecule has 20 heavy (non-hydrogen) atoms. The molecule has 1 aliphatic heterocycles. The summed E-state index contributed by atoms with van der Waals surface area (Å²) in [5.74, 6) is 1.61. The van der Waals surface area contributed by atoms with Gasteiger partial charge in [0.1, 0.15) is 5.82 Å². The Balaban J connectivity index is 1.75. The van der Waals surface area contributed by atoms with Crippen LogP contribution in [0, 0.1) is 5.92 Å². The molecule has 1 unspecified atom stereocenters. The van der Waals surface area contributed by atoms with Gasteiger partial charge in [-0.25, -0.2) is 9.97 Å². The van der Waals surface area contributed by atoms with E-state index >= 15 is 0 Å². The first kappa shape index (κ1) is 14.0. The summed E-state index contributed by atoms with van der Waals surface area (Å²) in [5, 5.41) is 3.86. The van der Waals surface area contributed by atoms with E-state index in [2.05, 4.69) is 34.0 Å². The summed E-state index contributed by atoms with van der Waals surface area (Å²) in [5.41, 5.74) is 0.361. The van der Waals surface area contributed by atoms with Crippen LogP contribution in [0.3, 0.4) is 0 Å². The summed E-state index contributed by atoms with van der Waals surface area (Å²) in [4.78, 5) is 11.4. The van der Waals surface area contributed by atoms with Crippen molar-refractivity contribution in [3.05, 3.63) is 24.3 Å². The molecule has 1 aliphatic carbocycles. The molecule has 2 heterocycles. The Labute approximate surface area is 122 Å². The van der Waals surface area contributed by atoms with Crippen LogP contribution in [0.25, 0.3) is 0 Å². The van der Waals surface area contributed by atoms with Gasteiger partial charge in [0.05, 0.1) is 6.54 Å². The second-order valence-electron chi connectivity index (χ2n) is 6.75. The fraction of sp³-hybridized carbons (Fsp3) is 0.750. The summed E-state index contributed by atoms with van der Waals surface area (Å²) >= 11 is 0. The van der Waals surface area contributed by atoms with Crippen molar-refractivity contribution >= 4 is 0 Å². The molecule has 1 saturated carbocycles. The molecule has 3 rings (SSSR count). The van der Waals surface area contributed by atoms with E-state index in [1.165, 1.54) is 25.7 Å². The normalized spacial score (nSPS) is 26.4. The van der Waals surface area contributed by atoms with Crippen LogP contribution >= 0.6 is 0 Å². The molecule has 1 spiro atoms. The highest BCUT2D eigenvalue weighted by Gasteiger charge is 2.41. The van der Waals surface area contributed by atoms with Crippen molar-refractivity contribution in [1.82, 2.24) is 20.2 Å². The minimum Gasteiger partial charge on any atom is -0.308 e. The molecule has 2 aliphatic rings. The number of hydrogen-bond donors (Lipinski definition) is 1. The SMILES string of the molecule is CC(C)C1CNC2(CCCC2)CN1Cc1ncccn1. The van der Waals surface area contributed by atoms with Crippen LogP contribution in [0.15, 0.2) is 18.5 Å². The van der Waals surface area contributed by atoms with Crippen LogP contribution in [-0.4, -0.2) is 39.5 Å². The Kier molecular flexibility index (Phi) is 4.03. The van der Waals surface area contributed by atoms with E-state index in [4.69, 9.17) is 0 Å². The van der Waals surface area contributed by atoms with Gasteiger partial charge in [-0.05, 0) is 24.8 Å². The Morgan fingerprint density at radius 1 is 1.30 bits per heavy atom. The fourth-order valence-electron chi connectivity index (χ4n) is 3.82. The number of piperazine rings is 1. The molecule has 4 heteroatoms. The molecule has 0 bridgehead atoms. The Bertz CT molecular complexity index is 425. The van der Waals surface area contributed by atoms with E-state index in [1.807, 2.05) is 18.5 Å². The highest BCUT2D eigenvalue weighted by Crippen LogP contribution is 2.34. The van der Waals surface area contributed by atoms with E-state index in [-0.39, 0.29) is 0 Å². The molecular weight excluding hydrogens is 248 g/mol. The summed E-state index contributed by atoms with van der Waals surface area (Å²) < 4.78 is 0. The fourth-order valence-corrected chi connectivity index (χ4v) is 3.82. The predicted octanol–water partition coefficient (Wildman–Crippen LogP) is 2.22. The summed E-state index contributed by atoms with van der Waals surface area (Å²) in [6, 6.07) is 2.48. The van der Waals surface area contributed by atoms with E-state index in [0.717, 1.165) is 25.5 Å². The lowest BCUT2D eigenvalue weighted by Gasteiger charge is -2.47. The van der Waals surface area contributed by atoms with Gasteiger partial charge in [-0.3, -0.25) is 4.90 Å². The van der Waals surface area contributed by atoms with Gasteiger partial charge < -0.3 is 5.32 Å². The maximum absolute atomic E-state index is 4.41. The zero-order valence-electron chi connectivity index (χ0n) is 12.7. The minimum absolute atomic E-state index is 0.361. The Hall–Kier alpha value is -1.00. The number of aromatic nitrogens is 2. The lowest BCUT2D eigenvalue weighted by atomic mass is 9.89. The smallest absolute Gasteiger partial charge is 0.142 e. The standard InChI is InChI=1S/C16H26N4/c1-13(2)14-10-19-16(6-3-4-7-16)12-20(14)11-15-17-8-5-9-18-15/h5,8-9,13-14,19H,3-4,6-7,10-12H2,1-2H3. The van der Waals surface area contributed by atoms with E-state index < -0.39 is 0 Å². The van der Waals surface area contributed by atoms with Crippen molar-refractivity contribution in [1.29, 1.82) is 0 Å². The van der Waals surface area contributed by atoms with Crippen molar-refractivity contribution in [3.8, 4) is 0 Å². The first-order valence-electron chi connectivity index (χ1n) is 7.93. The Morgan fingerprint density at radius 2 is 2.00 bits per heavy atom. The maximum Gasteiger partial charge on any atom is 0.142 e. The summed E-state index contributed by atoms with van der Waals surface area (Å²) in [7, 11) is 0. The van der Waals surface area contributed by atoms with Gasteiger partial charge in [-0.1, -0.05) is 26.7 Å². The van der Waals surface area contributed by atoms with Gasteiger partial charge >= 0.3 is 0 Å². The third-order valence-electron chi connectivity index (χ3n) is 4.95. The molecule has 1 aromatic heterocycles. The predicted molar refractivity (Wildman–Crippen MR) is 80.3 cm³/mol. The molecule has 1 N–H and O–H groups in total. The van der Waals surface area contributed by atoms with Gasteiger partial charge in [0.25, 0.3) is 0 Å². The second-order valence-corrected chi connectivity index (χ2v) is 6.75. The molecule has 1 atom stereocenters. The van der Waals surface area contributed by atoms with Crippen LogP contribution in [0.4, 0.5) is 0 Å². The third-order valence-corrected chi connectivity index (χ3v) is 4.95. The molecule has 0 radical (unpaired) electrons. The Morgan fingerprint density at radius 3 is 2.65 bits per heavy atom. The quantitative estimate of drug-likeness (QED) is 0.917. The van der Waals surface area contributed by atoms with E-state index in [1.54, 1.807) is 0 Å². The van der Waals surface area contributed by atoms with Gasteiger partial charge in [0.15, 0.2) is 0 Å². The largest absolute Gasteiger partial charge is 0.308 e. The van der Waals surface area contributed by atoms with E-state index in [0.29, 0.717) is 17.5 Å². The average Bonchev–Trinajstić information content (AvgIpc) is 2.88. The average molecular weight is 274 g/mol. The number of nitrogens with one attached hydrogen (secondary N) is 1. The lowest BCUT2D eigenvalue weighted by molar-refractivity contribution is 0.0487. The van der Waals surface area contributed by atoms with Gasteiger partial charge in [0, 0.05) is 37.1 Å². The summed E-state index contributed by atoms with van der Waals surface area (Å²) in [6.45, 7) is 7.77. The molecule has 4 nitrogen and oxygen atoms in total. The van der Waals surface area contributed by atoms with Gasteiger partial charge in [-0.15, -0.1) is 0 Å². The summed E-state index contributed by atoms with van der Waals surface area (Å²) in [6.07, 6.45) is 9.08. The van der Waals surface area contributed by atoms with Crippen LogP contribution < -0.4 is 5.32 Å². The molecule has 0 amide bonds. The van der Waals surface area contributed by atoms with Crippen molar-refractivity contribution in [3.63, 3.8) is 0 Å². The van der Waals surface area contributed by atoms with Crippen molar-refractivity contribution in [2.45, 2.75) is 57.7 Å². The van der Waals surface area contributed by atoms with Crippen molar-refractivity contribution < 1.29 is 0 Å². The third kappa shape index (κ3) is 2.86. The number of hydrogen-bond acceptors (Lipinski definition) is 4. The zero-order chi connectivity index (χ0) is 14.0. The molecule has 2 fully saturated rings. The molecule has 110 valence electrons. The molecule has 1 saturated heterocycles. The van der Waals surface area contributed by atoms with Crippen LogP contribution in [0.5, 0.6) is 0 Å². The highest BCUT2D eigenvalue weighted by atomic mass is 15.3. The second kappa shape index (κ2) is 5.78. The van der Waals surface area contributed by atoms with Crippen LogP contribution in [0.2, 0.25) is 0 Å². The maximum atomic E-state index is 4.41. The topological polar surface area (TPSA) is 41.0 Å². The molecule has 1 aromatic rings. The van der Waals surface area contributed by atoms with Gasteiger partial charge in [0.2, 0.25) is 0 Å². The monoisotopic (exact) mass is 274 g/mol. The van der Waals surface area contributed by atoms with Crippen LogP contribution in [-0.2, 0) is 6.54 Å². The van der Waals surface area contributed by atoms with Gasteiger partial charge in [-0.2, -0.15) is 0 Å². The highest BCUT2D eigenvalue weighted by molar-refractivity contribution is 5.02. The van der Waals surface area contributed by atoms with Crippen molar-refractivity contribution in [2.75, 3.05) is 13.1 Å². The van der Waals surface area contributed by atoms with Crippen molar-refractivity contribution in [2.24, 2.45) is 5.92 Å². The first-order valence-corrected chi connectivity index (χ1v) is 7.93. The zero-order valence-corrected chi connectivity index (χ0v) is 12.7. The van der Waals surface area contributed by atoms with Crippen LogP contribution in [0.1, 0.15) is 45.4 Å². The minimum atomic E-state index is 0.361. The molecular formula is C16H26N4. The number of rotatable bonds is 3. The first-order chi connectivity index (χ1) is 9.69.